The molecular weight excluding hydrogens is 242 g/mol. The van der Waals surface area contributed by atoms with Crippen molar-refractivity contribution in [3.05, 3.63) is 35.4 Å². The molecule has 0 aliphatic heterocycles. The van der Waals surface area contributed by atoms with E-state index in [9.17, 15) is 8.78 Å². The maximum absolute atomic E-state index is 14.3. The van der Waals surface area contributed by atoms with E-state index in [4.69, 9.17) is 0 Å². The average molecular weight is 268 g/mol. The van der Waals surface area contributed by atoms with Crippen molar-refractivity contribution in [2.45, 2.75) is 65.7 Å². The van der Waals surface area contributed by atoms with Crippen LogP contribution in [0.3, 0.4) is 0 Å². The molecule has 0 aromatic heterocycles. The van der Waals surface area contributed by atoms with Crippen molar-refractivity contribution in [1.29, 1.82) is 0 Å². The Balaban J connectivity index is 2.95. The minimum atomic E-state index is -2.74. The fraction of sp³-hybridized carbons (Fsp3) is 0.647. The molecule has 0 saturated carbocycles. The third kappa shape index (κ3) is 4.93. The van der Waals surface area contributed by atoms with Crippen molar-refractivity contribution < 1.29 is 8.78 Å². The van der Waals surface area contributed by atoms with E-state index in [1.165, 1.54) is 6.07 Å². The SMILES string of the molecule is CC(C)(C)CCC(F)(F)c1cccc(C(C)(C)C)c1. The average Bonchev–Trinajstić information content (AvgIpc) is 2.25. The van der Waals surface area contributed by atoms with E-state index >= 15 is 0 Å². The first-order chi connectivity index (χ1) is 8.42. The van der Waals surface area contributed by atoms with Gasteiger partial charge in [0.1, 0.15) is 0 Å². The van der Waals surface area contributed by atoms with Gasteiger partial charge in [-0.2, -0.15) is 0 Å². The van der Waals surface area contributed by atoms with Crippen LogP contribution in [-0.4, -0.2) is 0 Å². The zero-order valence-corrected chi connectivity index (χ0v) is 13.0. The van der Waals surface area contributed by atoms with E-state index < -0.39 is 5.92 Å². The molecule has 0 aliphatic carbocycles. The standard InChI is InChI=1S/C17H26F2/c1-15(2,3)10-11-17(18,19)14-9-7-8-13(12-14)16(4,5)6/h7-9,12H,10-11H2,1-6H3. The summed E-state index contributed by atoms with van der Waals surface area (Å²) >= 11 is 0. The zero-order valence-electron chi connectivity index (χ0n) is 13.0. The molecule has 0 spiro atoms. The number of hydrogen-bond acceptors (Lipinski definition) is 0. The Labute approximate surface area is 116 Å². The Kier molecular flexibility index (Phi) is 4.44. The quantitative estimate of drug-likeness (QED) is 0.640. The Morgan fingerprint density at radius 2 is 1.37 bits per heavy atom. The second kappa shape index (κ2) is 5.22. The highest BCUT2D eigenvalue weighted by molar-refractivity contribution is 5.31. The third-order valence-corrected chi connectivity index (χ3v) is 3.34. The summed E-state index contributed by atoms with van der Waals surface area (Å²) < 4.78 is 28.5. The van der Waals surface area contributed by atoms with E-state index in [1.54, 1.807) is 12.1 Å². The molecule has 0 radical (unpaired) electrons. The van der Waals surface area contributed by atoms with E-state index in [2.05, 4.69) is 0 Å². The lowest BCUT2D eigenvalue weighted by Crippen LogP contribution is -2.19. The summed E-state index contributed by atoms with van der Waals surface area (Å²) in [5.74, 6) is -2.74. The van der Waals surface area contributed by atoms with Crippen molar-refractivity contribution in [2.24, 2.45) is 5.41 Å². The highest BCUT2D eigenvalue weighted by Crippen LogP contribution is 2.38. The summed E-state index contributed by atoms with van der Waals surface area (Å²) in [4.78, 5) is 0. The van der Waals surface area contributed by atoms with E-state index in [0.29, 0.717) is 6.42 Å². The molecule has 19 heavy (non-hydrogen) atoms. The van der Waals surface area contributed by atoms with E-state index in [1.807, 2.05) is 47.6 Å². The summed E-state index contributed by atoms with van der Waals surface area (Å²) in [5.41, 5.74) is 0.936. The van der Waals surface area contributed by atoms with Crippen LogP contribution >= 0.6 is 0 Å². The lowest BCUT2D eigenvalue weighted by atomic mass is 9.84. The van der Waals surface area contributed by atoms with Crippen molar-refractivity contribution >= 4 is 0 Å². The van der Waals surface area contributed by atoms with Gasteiger partial charge in [-0.15, -0.1) is 0 Å². The van der Waals surface area contributed by atoms with Gasteiger partial charge in [-0.3, -0.25) is 0 Å². The Bertz CT molecular complexity index is 420. The van der Waals surface area contributed by atoms with Gasteiger partial charge in [0, 0.05) is 12.0 Å². The number of rotatable bonds is 3. The summed E-state index contributed by atoms with van der Waals surface area (Å²) in [6, 6.07) is 6.85. The fourth-order valence-electron chi connectivity index (χ4n) is 1.89. The first kappa shape index (κ1) is 16.1. The Morgan fingerprint density at radius 1 is 0.842 bits per heavy atom. The second-order valence-corrected chi connectivity index (χ2v) is 7.60. The Morgan fingerprint density at radius 3 is 1.84 bits per heavy atom. The Hall–Kier alpha value is -0.920. The van der Waals surface area contributed by atoms with Gasteiger partial charge in [-0.25, -0.2) is 8.78 Å². The normalized spacial score (nSPS) is 13.7. The predicted octanol–water partition coefficient (Wildman–Crippen LogP) is 5.90. The van der Waals surface area contributed by atoms with Crippen LogP contribution in [0, 0.1) is 5.41 Å². The summed E-state index contributed by atoms with van der Waals surface area (Å²) in [5, 5.41) is 0. The third-order valence-electron chi connectivity index (χ3n) is 3.34. The molecule has 2 heteroatoms. The molecule has 0 amide bonds. The molecule has 0 atom stereocenters. The maximum Gasteiger partial charge on any atom is 0.273 e. The molecule has 0 bridgehead atoms. The van der Waals surface area contributed by atoms with Crippen LogP contribution in [0.2, 0.25) is 0 Å². The van der Waals surface area contributed by atoms with Gasteiger partial charge in [-0.1, -0.05) is 59.7 Å². The summed E-state index contributed by atoms with van der Waals surface area (Å²) in [6.45, 7) is 12.1. The first-order valence-corrected chi connectivity index (χ1v) is 6.91. The maximum atomic E-state index is 14.3. The van der Waals surface area contributed by atoms with Crippen molar-refractivity contribution in [3.63, 3.8) is 0 Å². The van der Waals surface area contributed by atoms with Gasteiger partial charge in [0.25, 0.3) is 5.92 Å². The highest BCUT2D eigenvalue weighted by atomic mass is 19.3. The van der Waals surface area contributed by atoms with Crippen LogP contribution in [-0.2, 0) is 11.3 Å². The molecular formula is C17H26F2. The molecule has 0 fully saturated rings. The van der Waals surface area contributed by atoms with Crippen molar-refractivity contribution in [2.75, 3.05) is 0 Å². The molecule has 0 N–H and O–H groups in total. The van der Waals surface area contributed by atoms with Gasteiger partial charge in [0.15, 0.2) is 0 Å². The van der Waals surface area contributed by atoms with Crippen LogP contribution in [0.15, 0.2) is 24.3 Å². The molecule has 0 unspecified atom stereocenters. The zero-order chi connectivity index (χ0) is 14.9. The number of hydrogen-bond donors (Lipinski definition) is 0. The molecule has 1 rings (SSSR count). The van der Waals surface area contributed by atoms with Gasteiger partial charge in [-0.05, 0) is 28.9 Å². The molecule has 1 aromatic rings. The molecule has 0 nitrogen and oxygen atoms in total. The smallest absolute Gasteiger partial charge is 0.201 e. The summed E-state index contributed by atoms with van der Waals surface area (Å²) in [7, 11) is 0. The van der Waals surface area contributed by atoms with Crippen molar-refractivity contribution in [3.8, 4) is 0 Å². The lowest BCUT2D eigenvalue weighted by Gasteiger charge is -2.25. The fourth-order valence-corrected chi connectivity index (χ4v) is 1.89. The molecule has 0 heterocycles. The number of benzene rings is 1. The largest absolute Gasteiger partial charge is 0.273 e. The van der Waals surface area contributed by atoms with Crippen LogP contribution in [0.25, 0.3) is 0 Å². The molecule has 0 aliphatic rings. The van der Waals surface area contributed by atoms with Gasteiger partial charge < -0.3 is 0 Å². The van der Waals surface area contributed by atoms with E-state index in [-0.39, 0.29) is 22.8 Å². The van der Waals surface area contributed by atoms with Crippen LogP contribution in [0.1, 0.15) is 65.5 Å². The predicted molar refractivity (Wildman–Crippen MR) is 77.7 cm³/mol. The van der Waals surface area contributed by atoms with E-state index in [0.717, 1.165) is 5.56 Å². The molecule has 1 aromatic carbocycles. The molecule has 108 valence electrons. The lowest BCUT2D eigenvalue weighted by molar-refractivity contribution is -0.0230. The van der Waals surface area contributed by atoms with Crippen molar-refractivity contribution in [1.82, 2.24) is 0 Å². The summed E-state index contributed by atoms with van der Waals surface area (Å²) in [6.07, 6.45) is 0.420. The van der Waals surface area contributed by atoms with Gasteiger partial charge >= 0.3 is 0 Å². The molecule has 0 saturated heterocycles. The minimum absolute atomic E-state index is 0.0644. The number of halogens is 2. The van der Waals surface area contributed by atoms with Crippen LogP contribution in [0.4, 0.5) is 8.78 Å². The number of alkyl halides is 2. The van der Waals surface area contributed by atoms with Gasteiger partial charge in [0.2, 0.25) is 0 Å². The van der Waals surface area contributed by atoms with Crippen LogP contribution < -0.4 is 0 Å². The minimum Gasteiger partial charge on any atom is -0.201 e. The second-order valence-electron chi connectivity index (χ2n) is 7.60. The first-order valence-electron chi connectivity index (χ1n) is 6.91. The van der Waals surface area contributed by atoms with Crippen LogP contribution in [0.5, 0.6) is 0 Å². The van der Waals surface area contributed by atoms with Gasteiger partial charge in [0.05, 0.1) is 0 Å². The monoisotopic (exact) mass is 268 g/mol. The topological polar surface area (TPSA) is 0 Å². The highest BCUT2D eigenvalue weighted by Gasteiger charge is 2.33.